The summed E-state index contributed by atoms with van der Waals surface area (Å²) in [6.45, 7) is 8.73. The zero-order valence-corrected chi connectivity index (χ0v) is 17.3. The second kappa shape index (κ2) is 8.59. The number of nitrogens with zero attached hydrogens (tertiary/aromatic N) is 1. The number of amides is 2. The molecule has 2 amide bonds. The maximum Gasteiger partial charge on any atom is 0.251 e. The number of rotatable bonds is 5. The molecule has 1 aliphatic heterocycles. The molecule has 4 heteroatoms. The second-order valence-electron chi connectivity index (χ2n) is 8.14. The summed E-state index contributed by atoms with van der Waals surface area (Å²) in [5.41, 5.74) is 5.11. The topological polar surface area (TPSA) is 49.4 Å². The van der Waals surface area contributed by atoms with Crippen LogP contribution in [0.5, 0.6) is 0 Å². The number of carbonyl (C=O) groups excluding carboxylic acids is 2. The van der Waals surface area contributed by atoms with Gasteiger partial charge in [0.15, 0.2) is 0 Å². The maximum atomic E-state index is 12.2. The van der Waals surface area contributed by atoms with Crippen molar-refractivity contribution in [3.05, 3.63) is 53.6 Å². The van der Waals surface area contributed by atoms with Crippen LogP contribution >= 0.6 is 0 Å². The molecule has 1 heterocycles. The Morgan fingerprint density at radius 1 is 1.11 bits per heavy atom. The highest BCUT2D eigenvalue weighted by Gasteiger charge is 2.26. The summed E-state index contributed by atoms with van der Waals surface area (Å²) in [4.78, 5) is 26.2. The molecular formula is C24H30N2O2. The Morgan fingerprint density at radius 3 is 2.43 bits per heavy atom. The first-order chi connectivity index (χ1) is 13.4. The number of carbonyl (C=O) groups is 2. The number of benzene rings is 2. The van der Waals surface area contributed by atoms with E-state index in [0.717, 1.165) is 36.1 Å². The van der Waals surface area contributed by atoms with Crippen molar-refractivity contribution in [3.8, 4) is 11.1 Å². The lowest BCUT2D eigenvalue weighted by Gasteiger charge is -2.34. The van der Waals surface area contributed by atoms with Crippen LogP contribution in [-0.2, 0) is 11.2 Å². The third kappa shape index (κ3) is 4.44. The molecule has 1 N–H and O–H groups in total. The normalized spacial score (nSPS) is 16.0. The maximum absolute atomic E-state index is 12.2. The van der Waals surface area contributed by atoms with Crippen molar-refractivity contribution in [1.29, 1.82) is 0 Å². The molecule has 0 aromatic heterocycles. The molecule has 0 unspecified atom stereocenters. The molecule has 3 rings (SSSR count). The summed E-state index contributed by atoms with van der Waals surface area (Å²) < 4.78 is 0. The molecule has 2 aromatic carbocycles. The third-order valence-electron chi connectivity index (χ3n) is 5.44. The molecule has 1 aliphatic rings. The van der Waals surface area contributed by atoms with Gasteiger partial charge in [-0.25, -0.2) is 0 Å². The predicted molar refractivity (Wildman–Crippen MR) is 115 cm³/mol. The Kier molecular flexibility index (Phi) is 6.18. The summed E-state index contributed by atoms with van der Waals surface area (Å²) in [6.07, 6.45) is 2.94. The quantitative estimate of drug-likeness (QED) is 0.811. The van der Waals surface area contributed by atoms with Gasteiger partial charge in [0, 0.05) is 30.8 Å². The van der Waals surface area contributed by atoms with Gasteiger partial charge in [-0.05, 0) is 73.1 Å². The molecule has 0 radical (unpaired) electrons. The van der Waals surface area contributed by atoms with Crippen molar-refractivity contribution >= 4 is 17.5 Å². The molecular weight excluding hydrogens is 348 g/mol. The van der Waals surface area contributed by atoms with Gasteiger partial charge < -0.3 is 10.2 Å². The van der Waals surface area contributed by atoms with E-state index in [0.29, 0.717) is 18.0 Å². The lowest BCUT2D eigenvalue weighted by Crippen LogP contribution is -2.40. The molecule has 1 atom stereocenters. The van der Waals surface area contributed by atoms with E-state index in [1.54, 1.807) is 6.92 Å². The van der Waals surface area contributed by atoms with E-state index in [9.17, 15) is 9.59 Å². The highest BCUT2D eigenvalue weighted by Crippen LogP contribution is 2.34. The Balaban J connectivity index is 1.76. The van der Waals surface area contributed by atoms with Crippen molar-refractivity contribution < 1.29 is 9.59 Å². The van der Waals surface area contributed by atoms with Crippen LogP contribution in [0.2, 0.25) is 0 Å². The summed E-state index contributed by atoms with van der Waals surface area (Å²) in [6, 6.07) is 14.3. The van der Waals surface area contributed by atoms with Crippen LogP contribution in [-0.4, -0.2) is 24.4 Å². The van der Waals surface area contributed by atoms with E-state index in [2.05, 4.69) is 38.2 Å². The van der Waals surface area contributed by atoms with E-state index >= 15 is 0 Å². The van der Waals surface area contributed by atoms with Crippen molar-refractivity contribution in [2.24, 2.45) is 5.92 Å². The molecule has 0 saturated carbocycles. The van der Waals surface area contributed by atoms with Crippen LogP contribution in [0, 0.1) is 5.92 Å². The zero-order chi connectivity index (χ0) is 20.3. The summed E-state index contributed by atoms with van der Waals surface area (Å²) in [7, 11) is 0. The van der Waals surface area contributed by atoms with Crippen LogP contribution in [0.1, 0.15) is 56.5 Å². The van der Waals surface area contributed by atoms with Gasteiger partial charge in [0.05, 0.1) is 0 Å². The SMILES string of the molecule is CC(=O)N1c2ccc(-c3ccc(C(=O)NCCC(C)C)cc3)cc2CC[C@H]1C. The smallest absolute Gasteiger partial charge is 0.251 e. The lowest BCUT2D eigenvalue weighted by molar-refractivity contribution is -0.117. The van der Waals surface area contributed by atoms with Crippen LogP contribution < -0.4 is 10.2 Å². The lowest BCUT2D eigenvalue weighted by atomic mass is 9.93. The molecule has 0 bridgehead atoms. The number of aryl methyl sites for hydroxylation is 1. The average molecular weight is 379 g/mol. The minimum absolute atomic E-state index is 0.0243. The van der Waals surface area contributed by atoms with Crippen LogP contribution in [0.25, 0.3) is 11.1 Å². The first-order valence-corrected chi connectivity index (χ1v) is 10.2. The van der Waals surface area contributed by atoms with Crippen molar-refractivity contribution in [2.75, 3.05) is 11.4 Å². The molecule has 0 fully saturated rings. The molecule has 28 heavy (non-hydrogen) atoms. The van der Waals surface area contributed by atoms with Gasteiger partial charge in [-0.2, -0.15) is 0 Å². The highest BCUT2D eigenvalue weighted by molar-refractivity contribution is 5.95. The highest BCUT2D eigenvalue weighted by atomic mass is 16.2. The number of fused-ring (bicyclic) bond motifs is 1. The molecule has 0 saturated heterocycles. The van der Waals surface area contributed by atoms with Crippen molar-refractivity contribution in [3.63, 3.8) is 0 Å². The van der Waals surface area contributed by atoms with E-state index in [-0.39, 0.29) is 17.9 Å². The summed E-state index contributed by atoms with van der Waals surface area (Å²) in [5.74, 6) is 0.645. The van der Waals surface area contributed by atoms with E-state index in [4.69, 9.17) is 0 Å². The second-order valence-corrected chi connectivity index (χ2v) is 8.14. The third-order valence-corrected chi connectivity index (χ3v) is 5.44. The fraction of sp³-hybridized carbons (Fsp3) is 0.417. The van der Waals surface area contributed by atoms with Crippen LogP contribution in [0.15, 0.2) is 42.5 Å². The van der Waals surface area contributed by atoms with E-state index in [1.807, 2.05) is 35.2 Å². The van der Waals surface area contributed by atoms with Gasteiger partial charge in [0.25, 0.3) is 5.91 Å². The molecule has 0 aliphatic carbocycles. The fourth-order valence-corrected chi connectivity index (χ4v) is 3.80. The number of hydrogen-bond acceptors (Lipinski definition) is 2. The van der Waals surface area contributed by atoms with Crippen molar-refractivity contribution in [2.45, 2.75) is 53.0 Å². The van der Waals surface area contributed by atoms with Gasteiger partial charge in [-0.1, -0.05) is 32.0 Å². The van der Waals surface area contributed by atoms with Crippen LogP contribution in [0.3, 0.4) is 0 Å². The summed E-state index contributed by atoms with van der Waals surface area (Å²) in [5, 5.41) is 2.97. The number of anilines is 1. The Labute approximate surface area is 167 Å². The number of nitrogens with one attached hydrogen (secondary N) is 1. The van der Waals surface area contributed by atoms with Crippen molar-refractivity contribution in [1.82, 2.24) is 5.32 Å². The van der Waals surface area contributed by atoms with Gasteiger partial charge >= 0.3 is 0 Å². The predicted octanol–water partition coefficient (Wildman–Crippen LogP) is 4.82. The first kappa shape index (κ1) is 20.1. The first-order valence-electron chi connectivity index (χ1n) is 10.2. The standard InChI is InChI=1S/C24H30N2O2/c1-16(2)13-14-25-24(28)20-9-7-19(8-10-20)21-11-12-23-22(15-21)6-5-17(3)26(23)18(4)27/h7-12,15-17H,5-6,13-14H2,1-4H3,(H,25,28)/t17-/m1/s1. The Hall–Kier alpha value is -2.62. The minimum atomic E-state index is -0.0243. The summed E-state index contributed by atoms with van der Waals surface area (Å²) >= 11 is 0. The van der Waals surface area contributed by atoms with E-state index in [1.165, 1.54) is 5.56 Å². The molecule has 2 aromatic rings. The van der Waals surface area contributed by atoms with Gasteiger partial charge in [-0.15, -0.1) is 0 Å². The molecule has 4 nitrogen and oxygen atoms in total. The largest absolute Gasteiger partial charge is 0.352 e. The van der Waals surface area contributed by atoms with Gasteiger partial charge in [0.1, 0.15) is 0 Å². The Bertz CT molecular complexity index is 855. The van der Waals surface area contributed by atoms with Gasteiger partial charge in [-0.3, -0.25) is 9.59 Å². The zero-order valence-electron chi connectivity index (χ0n) is 17.3. The van der Waals surface area contributed by atoms with Gasteiger partial charge in [0.2, 0.25) is 5.91 Å². The molecule has 148 valence electrons. The van der Waals surface area contributed by atoms with E-state index < -0.39 is 0 Å². The Morgan fingerprint density at radius 2 is 1.79 bits per heavy atom. The number of hydrogen-bond donors (Lipinski definition) is 1. The average Bonchev–Trinajstić information content (AvgIpc) is 2.67. The monoisotopic (exact) mass is 378 g/mol. The minimum Gasteiger partial charge on any atom is -0.352 e. The fourth-order valence-electron chi connectivity index (χ4n) is 3.80. The van der Waals surface area contributed by atoms with Crippen LogP contribution in [0.4, 0.5) is 5.69 Å². The molecule has 0 spiro atoms.